The summed E-state index contributed by atoms with van der Waals surface area (Å²) < 4.78 is 13.2. The Morgan fingerprint density at radius 2 is 1.94 bits per heavy atom. The van der Waals surface area contributed by atoms with Crippen LogP contribution >= 0.6 is 0 Å². The summed E-state index contributed by atoms with van der Waals surface area (Å²) in [5.74, 6) is -0.242. The van der Waals surface area contributed by atoms with E-state index in [1.807, 2.05) is 6.07 Å². The minimum atomic E-state index is -0.242. The highest BCUT2D eigenvalue weighted by Gasteiger charge is 2.18. The van der Waals surface area contributed by atoms with Gasteiger partial charge in [-0.3, -0.25) is 0 Å². The number of hydrogen-bond donors (Lipinski definition) is 2. The zero-order chi connectivity index (χ0) is 12.8. The lowest BCUT2D eigenvalue weighted by molar-refractivity contribution is 0.228. The number of benzene rings is 1. The molecule has 1 aliphatic rings. The van der Waals surface area contributed by atoms with E-state index in [1.165, 1.54) is 37.8 Å². The molecule has 0 spiro atoms. The highest BCUT2D eigenvalue weighted by atomic mass is 19.1. The fourth-order valence-electron chi connectivity index (χ4n) is 2.71. The van der Waals surface area contributed by atoms with Gasteiger partial charge in [-0.25, -0.2) is 4.39 Å². The first-order valence-electron chi connectivity index (χ1n) is 6.92. The molecular formula is C15H22FNO. The van der Waals surface area contributed by atoms with Crippen LogP contribution in [-0.2, 0) is 0 Å². The van der Waals surface area contributed by atoms with Crippen LogP contribution < -0.4 is 5.32 Å². The van der Waals surface area contributed by atoms with Gasteiger partial charge in [0.05, 0.1) is 12.6 Å². The SMILES string of the molecule is OCC(NC1CCCCCC1)c1cccc(F)c1. The molecule has 0 bridgehead atoms. The van der Waals surface area contributed by atoms with Crippen LogP contribution in [0.3, 0.4) is 0 Å². The van der Waals surface area contributed by atoms with Crippen molar-refractivity contribution >= 4 is 0 Å². The normalized spacial score (nSPS) is 19.4. The summed E-state index contributed by atoms with van der Waals surface area (Å²) in [7, 11) is 0. The highest BCUT2D eigenvalue weighted by molar-refractivity contribution is 5.20. The lowest BCUT2D eigenvalue weighted by atomic mass is 10.0. The molecule has 0 saturated heterocycles. The van der Waals surface area contributed by atoms with Gasteiger partial charge < -0.3 is 10.4 Å². The Balaban J connectivity index is 1.99. The second-order valence-electron chi connectivity index (χ2n) is 5.15. The Bertz CT molecular complexity index is 361. The zero-order valence-electron chi connectivity index (χ0n) is 10.7. The number of aliphatic hydroxyl groups is 1. The highest BCUT2D eigenvalue weighted by Crippen LogP contribution is 2.21. The van der Waals surface area contributed by atoms with Crippen molar-refractivity contribution in [2.45, 2.75) is 50.6 Å². The molecule has 2 nitrogen and oxygen atoms in total. The Kier molecular flexibility index (Phi) is 5.14. The van der Waals surface area contributed by atoms with E-state index in [1.54, 1.807) is 6.07 Å². The molecule has 18 heavy (non-hydrogen) atoms. The lowest BCUT2D eigenvalue weighted by Crippen LogP contribution is -2.34. The van der Waals surface area contributed by atoms with Crippen molar-refractivity contribution in [3.05, 3.63) is 35.6 Å². The van der Waals surface area contributed by atoms with Crippen LogP contribution in [0.25, 0.3) is 0 Å². The molecule has 0 amide bonds. The molecule has 0 heterocycles. The molecule has 1 unspecified atom stereocenters. The maximum Gasteiger partial charge on any atom is 0.123 e. The molecule has 100 valence electrons. The van der Waals surface area contributed by atoms with E-state index in [2.05, 4.69) is 5.32 Å². The Morgan fingerprint density at radius 1 is 1.22 bits per heavy atom. The summed E-state index contributed by atoms with van der Waals surface area (Å²) in [4.78, 5) is 0. The van der Waals surface area contributed by atoms with E-state index in [0.29, 0.717) is 6.04 Å². The molecule has 0 radical (unpaired) electrons. The number of halogens is 1. The topological polar surface area (TPSA) is 32.3 Å². The molecular weight excluding hydrogens is 229 g/mol. The average molecular weight is 251 g/mol. The predicted molar refractivity (Wildman–Crippen MR) is 70.9 cm³/mol. The van der Waals surface area contributed by atoms with E-state index in [4.69, 9.17) is 0 Å². The summed E-state index contributed by atoms with van der Waals surface area (Å²) >= 11 is 0. The van der Waals surface area contributed by atoms with Crippen molar-refractivity contribution in [2.24, 2.45) is 0 Å². The summed E-state index contributed by atoms with van der Waals surface area (Å²) in [6.07, 6.45) is 7.43. The maximum absolute atomic E-state index is 13.2. The third-order valence-electron chi connectivity index (χ3n) is 3.73. The van der Waals surface area contributed by atoms with Gasteiger partial charge >= 0.3 is 0 Å². The molecule has 2 rings (SSSR count). The molecule has 1 aromatic rings. The number of rotatable bonds is 4. The van der Waals surface area contributed by atoms with Gasteiger partial charge in [0.15, 0.2) is 0 Å². The van der Waals surface area contributed by atoms with E-state index < -0.39 is 0 Å². The zero-order valence-corrected chi connectivity index (χ0v) is 10.7. The van der Waals surface area contributed by atoms with Gasteiger partial charge in [-0.1, -0.05) is 37.8 Å². The summed E-state index contributed by atoms with van der Waals surface area (Å²) in [6.45, 7) is 0.0138. The van der Waals surface area contributed by atoms with Gasteiger partial charge in [-0.2, -0.15) is 0 Å². The third-order valence-corrected chi connectivity index (χ3v) is 3.73. The first kappa shape index (κ1) is 13.5. The second-order valence-corrected chi connectivity index (χ2v) is 5.15. The van der Waals surface area contributed by atoms with Crippen molar-refractivity contribution in [1.29, 1.82) is 0 Å². The second kappa shape index (κ2) is 6.86. The molecule has 1 atom stereocenters. The van der Waals surface area contributed by atoms with E-state index >= 15 is 0 Å². The smallest absolute Gasteiger partial charge is 0.123 e. The largest absolute Gasteiger partial charge is 0.394 e. The molecule has 3 heteroatoms. The standard InChI is InChI=1S/C15H22FNO/c16-13-7-5-6-12(10-13)15(11-18)17-14-8-3-1-2-4-9-14/h5-7,10,14-15,17-18H,1-4,8-9,11H2. The van der Waals surface area contributed by atoms with E-state index in [-0.39, 0.29) is 18.5 Å². The molecule has 0 aromatic heterocycles. The fraction of sp³-hybridized carbons (Fsp3) is 0.600. The van der Waals surface area contributed by atoms with Crippen LogP contribution in [0.5, 0.6) is 0 Å². The van der Waals surface area contributed by atoms with Gasteiger partial charge in [-0.05, 0) is 30.5 Å². The minimum absolute atomic E-state index is 0.0138. The lowest BCUT2D eigenvalue weighted by Gasteiger charge is -2.24. The van der Waals surface area contributed by atoms with Crippen molar-refractivity contribution in [2.75, 3.05) is 6.61 Å². The van der Waals surface area contributed by atoms with Crippen LogP contribution in [0.4, 0.5) is 4.39 Å². The van der Waals surface area contributed by atoms with Crippen LogP contribution in [0.2, 0.25) is 0 Å². The van der Waals surface area contributed by atoms with E-state index in [9.17, 15) is 9.50 Å². The Labute approximate surface area is 108 Å². The molecule has 1 aliphatic carbocycles. The van der Waals surface area contributed by atoms with Gasteiger partial charge in [0.1, 0.15) is 5.82 Å². The molecule has 1 fully saturated rings. The van der Waals surface area contributed by atoms with Gasteiger partial charge in [0.2, 0.25) is 0 Å². The number of hydrogen-bond acceptors (Lipinski definition) is 2. The number of nitrogens with one attached hydrogen (secondary N) is 1. The van der Waals surface area contributed by atoms with Gasteiger partial charge in [0.25, 0.3) is 0 Å². The van der Waals surface area contributed by atoms with Crippen LogP contribution in [-0.4, -0.2) is 17.8 Å². The molecule has 1 saturated carbocycles. The average Bonchev–Trinajstić information content (AvgIpc) is 2.64. The quantitative estimate of drug-likeness (QED) is 0.806. The predicted octanol–water partition coefficient (Wildman–Crippen LogP) is 3.17. The van der Waals surface area contributed by atoms with Crippen LogP contribution in [0.15, 0.2) is 24.3 Å². The van der Waals surface area contributed by atoms with Gasteiger partial charge in [-0.15, -0.1) is 0 Å². The molecule has 0 aliphatic heterocycles. The molecule has 1 aromatic carbocycles. The maximum atomic E-state index is 13.2. The first-order chi connectivity index (χ1) is 8.79. The fourth-order valence-corrected chi connectivity index (χ4v) is 2.71. The van der Waals surface area contributed by atoms with Crippen molar-refractivity contribution < 1.29 is 9.50 Å². The monoisotopic (exact) mass is 251 g/mol. The minimum Gasteiger partial charge on any atom is -0.394 e. The number of aliphatic hydroxyl groups excluding tert-OH is 1. The van der Waals surface area contributed by atoms with Crippen LogP contribution in [0, 0.1) is 5.82 Å². The summed E-state index contributed by atoms with van der Waals surface area (Å²) in [6, 6.07) is 6.81. The Morgan fingerprint density at radius 3 is 2.56 bits per heavy atom. The van der Waals surface area contributed by atoms with Crippen molar-refractivity contribution in [1.82, 2.24) is 5.32 Å². The third kappa shape index (κ3) is 3.79. The Hall–Kier alpha value is -0.930. The van der Waals surface area contributed by atoms with Gasteiger partial charge in [0, 0.05) is 6.04 Å². The first-order valence-corrected chi connectivity index (χ1v) is 6.92. The van der Waals surface area contributed by atoms with E-state index in [0.717, 1.165) is 18.4 Å². The summed E-state index contributed by atoms with van der Waals surface area (Å²) in [5, 5.41) is 13.0. The summed E-state index contributed by atoms with van der Waals surface area (Å²) in [5.41, 5.74) is 0.835. The van der Waals surface area contributed by atoms with Crippen molar-refractivity contribution in [3.63, 3.8) is 0 Å². The molecule has 2 N–H and O–H groups in total. The van der Waals surface area contributed by atoms with Crippen molar-refractivity contribution in [3.8, 4) is 0 Å². The van der Waals surface area contributed by atoms with Crippen LogP contribution in [0.1, 0.15) is 50.1 Å².